The number of fused-ring (bicyclic) bond motifs is 1. The molecule has 1 aliphatic rings. The van der Waals surface area contributed by atoms with Crippen LogP contribution in [0, 0.1) is 10.1 Å². The van der Waals surface area contributed by atoms with Gasteiger partial charge in [0, 0.05) is 29.8 Å². The lowest BCUT2D eigenvalue weighted by Gasteiger charge is -2.16. The molecule has 0 aromatic carbocycles. The molecule has 0 saturated heterocycles. The van der Waals surface area contributed by atoms with E-state index >= 15 is 0 Å². The highest BCUT2D eigenvalue weighted by Crippen LogP contribution is 2.35. The first-order chi connectivity index (χ1) is 8.29. The van der Waals surface area contributed by atoms with Crippen molar-refractivity contribution < 1.29 is 18.1 Å². The molecule has 5 nitrogen and oxygen atoms in total. The molecule has 1 aromatic heterocycles. The number of alkyl halides is 3. The second kappa shape index (κ2) is 3.97. The van der Waals surface area contributed by atoms with Crippen molar-refractivity contribution in [1.82, 2.24) is 4.98 Å². The second-order valence-corrected chi connectivity index (χ2v) is 3.83. The Morgan fingerprint density at radius 3 is 2.56 bits per heavy atom. The Morgan fingerprint density at radius 2 is 2.00 bits per heavy atom. The quantitative estimate of drug-likeness (QED) is 0.619. The van der Waals surface area contributed by atoms with Crippen molar-refractivity contribution in [2.45, 2.75) is 19.0 Å². The molecule has 2 rings (SSSR count). The third-order valence-corrected chi connectivity index (χ3v) is 2.65. The van der Waals surface area contributed by atoms with E-state index < -0.39 is 22.2 Å². The van der Waals surface area contributed by atoms with Crippen LogP contribution in [-0.2, 0) is 12.6 Å². The number of aromatic amines is 1. The van der Waals surface area contributed by atoms with Gasteiger partial charge in [-0.2, -0.15) is 13.2 Å². The molecule has 1 heterocycles. The van der Waals surface area contributed by atoms with E-state index in [0.717, 1.165) is 6.08 Å². The van der Waals surface area contributed by atoms with Gasteiger partial charge in [-0.3, -0.25) is 14.9 Å². The minimum absolute atomic E-state index is 0.00273. The SMILES string of the molecule is O=c1cc(C(F)(F)F)c2c([nH]1)CCC([N+](=O)[O-])=C2. The lowest BCUT2D eigenvalue weighted by atomic mass is 9.96. The van der Waals surface area contributed by atoms with Crippen molar-refractivity contribution in [3.05, 3.63) is 49.1 Å². The largest absolute Gasteiger partial charge is 0.417 e. The van der Waals surface area contributed by atoms with E-state index in [-0.39, 0.29) is 29.8 Å². The average molecular weight is 260 g/mol. The number of H-pyrrole nitrogens is 1. The van der Waals surface area contributed by atoms with Gasteiger partial charge in [0.1, 0.15) is 0 Å². The Bertz CT molecular complexity index is 601. The lowest BCUT2D eigenvalue weighted by molar-refractivity contribution is -0.426. The third-order valence-electron chi connectivity index (χ3n) is 2.65. The second-order valence-electron chi connectivity index (χ2n) is 3.83. The summed E-state index contributed by atoms with van der Waals surface area (Å²) in [5.74, 6) is 0. The first kappa shape index (κ1) is 12.3. The van der Waals surface area contributed by atoms with E-state index in [9.17, 15) is 28.1 Å². The summed E-state index contributed by atoms with van der Waals surface area (Å²) in [5, 5.41) is 10.6. The van der Waals surface area contributed by atoms with Gasteiger partial charge in [-0.15, -0.1) is 0 Å². The summed E-state index contributed by atoms with van der Waals surface area (Å²) < 4.78 is 38.2. The Balaban J connectivity index is 2.69. The Labute approximate surface area is 98.1 Å². The van der Waals surface area contributed by atoms with Crippen LogP contribution in [0.15, 0.2) is 16.6 Å². The summed E-state index contributed by atoms with van der Waals surface area (Å²) >= 11 is 0. The predicted molar refractivity (Wildman–Crippen MR) is 55.4 cm³/mol. The summed E-state index contributed by atoms with van der Waals surface area (Å²) in [6.45, 7) is 0. The molecule has 0 saturated carbocycles. The van der Waals surface area contributed by atoms with Gasteiger partial charge >= 0.3 is 6.18 Å². The number of halogens is 3. The number of aromatic nitrogens is 1. The van der Waals surface area contributed by atoms with E-state index in [2.05, 4.69) is 4.98 Å². The molecular formula is C10H7F3N2O3. The van der Waals surface area contributed by atoms with Gasteiger partial charge in [-0.05, 0) is 6.42 Å². The van der Waals surface area contributed by atoms with Crippen molar-refractivity contribution >= 4 is 6.08 Å². The highest BCUT2D eigenvalue weighted by Gasteiger charge is 2.36. The summed E-state index contributed by atoms with van der Waals surface area (Å²) in [6, 6.07) is 0.415. The van der Waals surface area contributed by atoms with Crippen molar-refractivity contribution in [1.29, 1.82) is 0 Å². The fraction of sp³-hybridized carbons (Fsp3) is 0.300. The van der Waals surface area contributed by atoms with Crippen LogP contribution in [0.3, 0.4) is 0 Å². The van der Waals surface area contributed by atoms with Gasteiger partial charge in [-0.1, -0.05) is 0 Å². The fourth-order valence-electron chi connectivity index (χ4n) is 1.86. The zero-order valence-electron chi connectivity index (χ0n) is 8.87. The van der Waals surface area contributed by atoms with Gasteiger partial charge in [0.05, 0.1) is 10.5 Å². The number of allylic oxidation sites excluding steroid dienone is 1. The topological polar surface area (TPSA) is 76.0 Å². The molecule has 0 atom stereocenters. The number of hydrogen-bond acceptors (Lipinski definition) is 3. The minimum Gasteiger partial charge on any atom is -0.326 e. The van der Waals surface area contributed by atoms with Crippen LogP contribution in [-0.4, -0.2) is 9.91 Å². The standard InChI is InChI=1S/C10H7F3N2O3/c11-10(12,13)7-4-9(16)14-8-2-1-5(15(17)18)3-6(7)8/h3-4H,1-2H2,(H,14,16). The van der Waals surface area contributed by atoms with Crippen molar-refractivity contribution in [3.63, 3.8) is 0 Å². The number of nitrogens with one attached hydrogen (secondary N) is 1. The van der Waals surface area contributed by atoms with Crippen LogP contribution < -0.4 is 5.56 Å². The van der Waals surface area contributed by atoms with Crippen molar-refractivity contribution in [3.8, 4) is 0 Å². The molecule has 0 aliphatic heterocycles. The summed E-state index contributed by atoms with van der Waals surface area (Å²) in [7, 11) is 0. The molecule has 0 amide bonds. The number of hydrogen-bond donors (Lipinski definition) is 1. The first-order valence-electron chi connectivity index (χ1n) is 4.97. The molecular weight excluding hydrogens is 253 g/mol. The van der Waals surface area contributed by atoms with Gasteiger partial charge in [0.25, 0.3) is 0 Å². The summed E-state index contributed by atoms with van der Waals surface area (Å²) in [6.07, 6.45) is -3.83. The molecule has 96 valence electrons. The molecule has 0 spiro atoms. The van der Waals surface area contributed by atoms with Crippen LogP contribution in [0.25, 0.3) is 6.08 Å². The zero-order chi connectivity index (χ0) is 13.5. The normalized spacial score (nSPS) is 14.9. The summed E-state index contributed by atoms with van der Waals surface area (Å²) in [4.78, 5) is 23.3. The first-order valence-corrected chi connectivity index (χ1v) is 4.97. The van der Waals surface area contributed by atoms with Crippen LogP contribution >= 0.6 is 0 Å². The molecule has 1 aromatic rings. The molecule has 8 heteroatoms. The van der Waals surface area contributed by atoms with Crippen molar-refractivity contribution in [2.24, 2.45) is 0 Å². The molecule has 0 radical (unpaired) electrons. The Morgan fingerprint density at radius 1 is 1.33 bits per heavy atom. The predicted octanol–water partition coefficient (Wildman–Crippen LogP) is 1.96. The maximum absolute atomic E-state index is 12.7. The Kier molecular flexibility index (Phi) is 2.72. The monoisotopic (exact) mass is 260 g/mol. The third kappa shape index (κ3) is 2.13. The average Bonchev–Trinajstić information content (AvgIpc) is 2.25. The van der Waals surface area contributed by atoms with Gasteiger partial charge in [0.2, 0.25) is 11.3 Å². The lowest BCUT2D eigenvalue weighted by Crippen LogP contribution is -2.21. The van der Waals surface area contributed by atoms with Crippen LogP contribution in [0.1, 0.15) is 23.2 Å². The molecule has 18 heavy (non-hydrogen) atoms. The van der Waals surface area contributed by atoms with Gasteiger partial charge in [-0.25, -0.2) is 0 Å². The minimum atomic E-state index is -4.71. The van der Waals surface area contributed by atoms with Gasteiger partial charge < -0.3 is 4.98 Å². The molecule has 0 unspecified atom stereocenters. The molecule has 1 N–H and O–H groups in total. The van der Waals surface area contributed by atoms with E-state index in [1.54, 1.807) is 0 Å². The smallest absolute Gasteiger partial charge is 0.326 e. The maximum Gasteiger partial charge on any atom is 0.417 e. The Hall–Kier alpha value is -2.12. The zero-order valence-corrected chi connectivity index (χ0v) is 8.87. The number of pyridine rings is 1. The molecule has 0 bridgehead atoms. The van der Waals surface area contributed by atoms with Crippen LogP contribution in [0.5, 0.6) is 0 Å². The maximum atomic E-state index is 12.7. The number of nitro groups is 1. The molecule has 0 fully saturated rings. The molecule has 1 aliphatic carbocycles. The fourth-order valence-corrected chi connectivity index (χ4v) is 1.86. The van der Waals surface area contributed by atoms with Gasteiger partial charge in [0.15, 0.2) is 0 Å². The number of nitrogens with zero attached hydrogens (tertiary/aromatic N) is 1. The van der Waals surface area contributed by atoms with Crippen molar-refractivity contribution in [2.75, 3.05) is 0 Å². The van der Waals surface area contributed by atoms with Crippen LogP contribution in [0.4, 0.5) is 13.2 Å². The van der Waals surface area contributed by atoms with E-state index in [0.29, 0.717) is 6.07 Å². The van der Waals surface area contributed by atoms with E-state index in [1.165, 1.54) is 0 Å². The highest BCUT2D eigenvalue weighted by molar-refractivity contribution is 5.60. The van der Waals surface area contributed by atoms with E-state index in [4.69, 9.17) is 0 Å². The van der Waals surface area contributed by atoms with E-state index in [1.807, 2.05) is 0 Å². The van der Waals surface area contributed by atoms with Crippen LogP contribution in [0.2, 0.25) is 0 Å². The highest BCUT2D eigenvalue weighted by atomic mass is 19.4. The summed E-state index contributed by atoms with van der Waals surface area (Å²) in [5.41, 5.74) is -2.53. The number of rotatable bonds is 1. The number of aryl methyl sites for hydroxylation is 1.